The van der Waals surface area contributed by atoms with Gasteiger partial charge in [-0.2, -0.15) is 0 Å². The first kappa shape index (κ1) is 36.5. The Hall–Kier alpha value is -6.19. The molecule has 0 spiro atoms. The molecule has 0 atom stereocenters. The van der Waals surface area contributed by atoms with E-state index in [9.17, 15) is 0 Å². The highest BCUT2D eigenvalue weighted by Gasteiger charge is 2.26. The first-order valence-corrected chi connectivity index (χ1v) is 18.5. The molecule has 0 fully saturated rings. The summed E-state index contributed by atoms with van der Waals surface area (Å²) in [5.41, 5.74) is 12.5. The van der Waals surface area contributed by atoms with Crippen molar-refractivity contribution in [1.82, 2.24) is 0 Å². The summed E-state index contributed by atoms with van der Waals surface area (Å²) in [4.78, 5) is 2.01. The van der Waals surface area contributed by atoms with Crippen LogP contribution in [0.4, 0.5) is 17.1 Å². The van der Waals surface area contributed by atoms with E-state index in [2.05, 4.69) is 109 Å². The lowest BCUT2D eigenvalue weighted by Crippen LogP contribution is -2.48. The molecule has 9 aromatic rings. The smallest absolute Gasteiger partial charge is 0.158 e. The largest absolute Gasteiger partial charge is 0.455 e. The minimum atomic E-state index is 0.120. The highest BCUT2D eigenvalue weighted by molar-refractivity contribution is 6.69. The Morgan fingerprint density at radius 1 is 0.298 bits per heavy atom. The van der Waals surface area contributed by atoms with Crippen LogP contribution in [0.2, 0.25) is 0 Å². The van der Waals surface area contributed by atoms with Gasteiger partial charge in [-0.25, -0.2) is 0 Å². The molecular weight excluding hydrogens is 682 g/mol. The van der Waals surface area contributed by atoms with Gasteiger partial charge in [-0.15, -0.1) is 16.4 Å². The van der Waals surface area contributed by atoms with Crippen LogP contribution in [0.25, 0.3) is 66.4 Å². The van der Waals surface area contributed by atoms with Crippen molar-refractivity contribution in [2.24, 2.45) is 0 Å². The van der Waals surface area contributed by atoms with Gasteiger partial charge in [0.1, 0.15) is 60.5 Å². The van der Waals surface area contributed by atoms with E-state index in [1.165, 1.54) is 0 Å². The Morgan fingerprint density at radius 3 is 1.05 bits per heavy atom. The molecule has 250 valence electrons. The van der Waals surface area contributed by atoms with Crippen LogP contribution in [0, 0.1) is 0 Å². The highest BCUT2D eigenvalue weighted by Crippen LogP contribution is 2.42. The first-order valence-electron chi connectivity index (χ1n) is 18.5. The predicted octanol–water partition coefficient (Wildman–Crippen LogP) is 5.28. The minimum Gasteiger partial charge on any atom is -0.455 e. The molecule has 0 aliphatic carbocycles. The first-order chi connectivity index (χ1) is 27.7. The van der Waals surface area contributed by atoms with Crippen LogP contribution < -0.4 is 43.1 Å². The molecule has 8 aromatic carbocycles. The Morgan fingerprint density at radius 2 is 0.632 bits per heavy atom. The summed E-state index contributed by atoms with van der Waals surface area (Å²) in [6, 6.07) is 54.0. The second-order valence-corrected chi connectivity index (χ2v) is 14.0. The van der Waals surface area contributed by atoms with E-state index in [4.69, 9.17) is 59.3 Å². The van der Waals surface area contributed by atoms with Crippen molar-refractivity contribution in [3.8, 4) is 44.5 Å². The van der Waals surface area contributed by atoms with Crippen molar-refractivity contribution in [2.45, 2.75) is 0 Å². The number of furan rings is 1. The SMILES string of the molecule is [B]c1c([B])c([B])c2c(oc3c(N(c4ccc(-c5ccccc5-c5ccccc5)cc4)c4ccc(-c5ccccc5-c5ccccc5)cc4)c([B])c([B])c([B])c32)c1[B]. The summed E-state index contributed by atoms with van der Waals surface area (Å²) in [6.45, 7) is 0. The van der Waals surface area contributed by atoms with Crippen LogP contribution in [0.5, 0.6) is 0 Å². The third kappa shape index (κ3) is 6.17. The molecule has 9 heteroatoms. The molecule has 57 heavy (non-hydrogen) atoms. The Labute approximate surface area is 342 Å². The number of hydrogen-bond donors (Lipinski definition) is 0. The van der Waals surface area contributed by atoms with E-state index in [1.807, 2.05) is 53.4 Å². The fourth-order valence-corrected chi connectivity index (χ4v) is 7.80. The van der Waals surface area contributed by atoms with E-state index in [1.54, 1.807) is 0 Å². The molecule has 0 saturated carbocycles. The summed E-state index contributed by atoms with van der Waals surface area (Å²) < 4.78 is 6.59. The van der Waals surface area contributed by atoms with Crippen LogP contribution >= 0.6 is 0 Å². The van der Waals surface area contributed by atoms with Gasteiger partial charge in [0.05, 0.1) is 5.69 Å². The van der Waals surface area contributed by atoms with Crippen molar-refractivity contribution >= 4 is 132 Å². The second-order valence-electron chi connectivity index (χ2n) is 14.0. The fraction of sp³-hybridized carbons (Fsp3) is 0. The molecule has 0 aliphatic heterocycles. The molecule has 0 bridgehead atoms. The maximum atomic E-state index is 6.97. The number of rotatable bonds is 7. The maximum Gasteiger partial charge on any atom is 0.158 e. The zero-order valence-electron chi connectivity index (χ0n) is 30.9. The van der Waals surface area contributed by atoms with Crippen LogP contribution in [-0.4, -0.2) is 54.9 Å². The van der Waals surface area contributed by atoms with Gasteiger partial charge in [-0.3, -0.25) is 0 Å². The molecule has 2 nitrogen and oxygen atoms in total. The maximum absolute atomic E-state index is 6.97. The Balaban J connectivity index is 1.26. The number of benzene rings is 8. The topological polar surface area (TPSA) is 16.4 Å². The fourth-order valence-electron chi connectivity index (χ4n) is 7.80. The molecule has 0 aliphatic rings. The summed E-state index contributed by atoms with van der Waals surface area (Å²) in [6.07, 6.45) is 0. The summed E-state index contributed by atoms with van der Waals surface area (Å²) in [5.74, 6) is 0. The third-order valence-electron chi connectivity index (χ3n) is 10.7. The molecule has 1 heterocycles. The minimum absolute atomic E-state index is 0.120. The lowest BCUT2D eigenvalue weighted by atomic mass is 9.64. The quantitative estimate of drug-likeness (QED) is 0.210. The molecule has 0 N–H and O–H groups in total. The average Bonchev–Trinajstić information content (AvgIpc) is 3.67. The molecule has 0 amide bonds. The van der Waals surface area contributed by atoms with E-state index in [0.29, 0.717) is 22.0 Å². The highest BCUT2D eigenvalue weighted by atomic mass is 16.3. The zero-order chi connectivity index (χ0) is 39.4. The van der Waals surface area contributed by atoms with Crippen LogP contribution in [0.3, 0.4) is 0 Å². The van der Waals surface area contributed by atoms with E-state index in [0.717, 1.165) is 55.9 Å². The van der Waals surface area contributed by atoms with Crippen molar-refractivity contribution in [1.29, 1.82) is 0 Å². The van der Waals surface area contributed by atoms with Gasteiger partial charge in [0.15, 0.2) is 5.58 Å². The van der Waals surface area contributed by atoms with Crippen LogP contribution in [-0.2, 0) is 0 Å². The van der Waals surface area contributed by atoms with E-state index in [-0.39, 0.29) is 43.8 Å². The van der Waals surface area contributed by atoms with Crippen molar-refractivity contribution in [3.63, 3.8) is 0 Å². The molecule has 0 saturated heterocycles. The average molecular weight is 708 g/mol. The molecular formula is C48H26B7NO. The predicted molar refractivity (Wildman–Crippen MR) is 248 cm³/mol. The summed E-state index contributed by atoms with van der Waals surface area (Å²) in [7, 11) is 46.2. The van der Waals surface area contributed by atoms with Crippen molar-refractivity contribution in [2.75, 3.05) is 4.90 Å². The molecule has 9 rings (SSSR count). The van der Waals surface area contributed by atoms with Crippen molar-refractivity contribution in [3.05, 3.63) is 158 Å². The Bertz CT molecular complexity index is 2840. The number of hydrogen-bond acceptors (Lipinski definition) is 2. The monoisotopic (exact) mass is 709 g/mol. The van der Waals surface area contributed by atoms with Gasteiger partial charge < -0.3 is 9.32 Å². The van der Waals surface area contributed by atoms with Gasteiger partial charge >= 0.3 is 0 Å². The summed E-state index contributed by atoms with van der Waals surface area (Å²) in [5, 5.41) is 0.856. The molecule has 14 radical (unpaired) electrons. The number of fused-ring (bicyclic) bond motifs is 3. The van der Waals surface area contributed by atoms with Gasteiger partial charge in [-0.05, 0) is 68.8 Å². The van der Waals surface area contributed by atoms with Gasteiger partial charge in [0.25, 0.3) is 0 Å². The van der Waals surface area contributed by atoms with Gasteiger partial charge in [-0.1, -0.05) is 155 Å². The second kappa shape index (κ2) is 14.7. The molecule has 0 unspecified atom stereocenters. The zero-order valence-corrected chi connectivity index (χ0v) is 30.9. The lowest BCUT2D eigenvalue weighted by Gasteiger charge is -2.29. The third-order valence-corrected chi connectivity index (χ3v) is 10.7. The standard InChI is InChI=1S/C48H26B7NO/c49-39-37-38-40(50)42(52)44(54)46(48(38)57-47(37)45(55)43(53)41(39)51)56(31-23-19-29(20-24-31)35-17-9-7-15-33(35)27-11-3-1-4-12-27)32-25-21-30(22-26-32)36-18-10-8-16-34(36)28-13-5-2-6-14-28/h1-26H. The van der Waals surface area contributed by atoms with Crippen LogP contribution in [0.1, 0.15) is 0 Å². The van der Waals surface area contributed by atoms with E-state index >= 15 is 0 Å². The van der Waals surface area contributed by atoms with E-state index < -0.39 is 0 Å². The summed E-state index contributed by atoms with van der Waals surface area (Å²) >= 11 is 0. The van der Waals surface area contributed by atoms with Crippen molar-refractivity contribution < 1.29 is 4.42 Å². The number of nitrogens with zero attached hydrogens (tertiary/aromatic N) is 1. The number of anilines is 3. The normalized spacial score (nSPS) is 11.3. The van der Waals surface area contributed by atoms with Gasteiger partial charge in [0, 0.05) is 22.1 Å². The van der Waals surface area contributed by atoms with Gasteiger partial charge in [0.2, 0.25) is 0 Å². The molecule has 1 aromatic heterocycles. The van der Waals surface area contributed by atoms with Crippen LogP contribution in [0.15, 0.2) is 162 Å². The Kier molecular flexibility index (Phi) is 9.41. The lowest BCUT2D eigenvalue weighted by molar-refractivity contribution is 0.672.